The number of sulfonamides is 1. The van der Waals surface area contributed by atoms with Crippen LogP contribution >= 0.6 is 0 Å². The van der Waals surface area contributed by atoms with E-state index in [9.17, 15) is 22.0 Å². The molecule has 25 heavy (non-hydrogen) atoms. The fraction of sp³-hybridized carbons (Fsp3) is 0.235. The first-order chi connectivity index (χ1) is 11.7. The van der Waals surface area contributed by atoms with Crippen molar-refractivity contribution >= 4 is 21.6 Å². The molecule has 0 spiro atoms. The van der Waals surface area contributed by atoms with Crippen molar-refractivity contribution in [1.29, 1.82) is 0 Å². The van der Waals surface area contributed by atoms with Crippen LogP contribution < -0.4 is 9.62 Å². The van der Waals surface area contributed by atoms with Gasteiger partial charge in [-0.15, -0.1) is 0 Å². The average molecular weight is 368 g/mol. The molecule has 2 aromatic carbocycles. The number of benzene rings is 2. The number of amides is 1. The summed E-state index contributed by atoms with van der Waals surface area (Å²) in [6.07, 6.45) is 0.898. The van der Waals surface area contributed by atoms with Crippen LogP contribution in [0.15, 0.2) is 48.5 Å². The molecule has 134 valence electrons. The number of nitrogens with zero attached hydrogens (tertiary/aromatic N) is 1. The zero-order valence-corrected chi connectivity index (χ0v) is 14.6. The van der Waals surface area contributed by atoms with Crippen molar-refractivity contribution in [2.45, 2.75) is 19.5 Å². The zero-order valence-electron chi connectivity index (χ0n) is 13.7. The number of anilines is 1. The second kappa shape index (κ2) is 7.60. The van der Waals surface area contributed by atoms with Gasteiger partial charge in [0.2, 0.25) is 15.9 Å². The first kappa shape index (κ1) is 18.9. The lowest BCUT2D eigenvalue weighted by molar-refractivity contribution is -0.122. The molecule has 0 aliphatic carbocycles. The highest BCUT2D eigenvalue weighted by Gasteiger charge is 2.29. The van der Waals surface area contributed by atoms with Gasteiger partial charge in [0.25, 0.3) is 0 Å². The molecule has 1 amide bonds. The third-order valence-electron chi connectivity index (χ3n) is 3.56. The van der Waals surface area contributed by atoms with Crippen LogP contribution in [0.1, 0.15) is 12.5 Å². The van der Waals surface area contributed by atoms with Gasteiger partial charge in [-0.3, -0.25) is 9.10 Å². The molecule has 5 nitrogen and oxygen atoms in total. The molecule has 0 saturated heterocycles. The molecule has 0 aromatic heterocycles. The van der Waals surface area contributed by atoms with E-state index in [0.29, 0.717) is 0 Å². The average Bonchev–Trinajstić information content (AvgIpc) is 2.55. The summed E-state index contributed by atoms with van der Waals surface area (Å²) in [5.74, 6) is -2.85. The molecule has 2 rings (SSSR count). The Morgan fingerprint density at radius 2 is 1.76 bits per heavy atom. The number of nitrogens with one attached hydrogen (secondary N) is 1. The quantitative estimate of drug-likeness (QED) is 0.852. The monoisotopic (exact) mass is 368 g/mol. The topological polar surface area (TPSA) is 66.5 Å². The number of halogens is 2. The van der Waals surface area contributed by atoms with Crippen LogP contribution in [0.4, 0.5) is 14.5 Å². The van der Waals surface area contributed by atoms with Crippen LogP contribution in [0, 0.1) is 11.6 Å². The summed E-state index contributed by atoms with van der Waals surface area (Å²) in [7, 11) is -3.89. The maximum absolute atomic E-state index is 13.5. The van der Waals surface area contributed by atoms with Crippen LogP contribution in [0.5, 0.6) is 0 Å². The standard InChI is InChI=1S/C17H18F2N2O3S/c1-12(17(22)20-11-13-6-4-3-5-7-13)21(25(2,23)24)14-8-9-15(18)16(19)10-14/h3-10,12H,11H2,1-2H3,(H,20,22). The number of carbonyl (C=O) groups is 1. The van der Waals surface area contributed by atoms with Gasteiger partial charge in [0.05, 0.1) is 11.9 Å². The Morgan fingerprint density at radius 3 is 2.32 bits per heavy atom. The minimum atomic E-state index is -3.89. The molecule has 0 saturated carbocycles. The van der Waals surface area contributed by atoms with Crippen LogP contribution in [-0.2, 0) is 21.4 Å². The minimum absolute atomic E-state index is 0.122. The summed E-state index contributed by atoms with van der Waals surface area (Å²) in [5.41, 5.74) is 0.727. The smallest absolute Gasteiger partial charge is 0.243 e. The summed E-state index contributed by atoms with van der Waals surface area (Å²) in [6.45, 7) is 1.60. The van der Waals surface area contributed by atoms with E-state index >= 15 is 0 Å². The van der Waals surface area contributed by atoms with E-state index in [1.54, 1.807) is 0 Å². The first-order valence-electron chi connectivity index (χ1n) is 7.46. The maximum atomic E-state index is 13.5. The lowest BCUT2D eigenvalue weighted by atomic mass is 10.2. The lowest BCUT2D eigenvalue weighted by Gasteiger charge is -2.28. The van der Waals surface area contributed by atoms with Crippen LogP contribution in [0.3, 0.4) is 0 Å². The molecule has 2 aromatic rings. The highest BCUT2D eigenvalue weighted by molar-refractivity contribution is 7.92. The highest BCUT2D eigenvalue weighted by Crippen LogP contribution is 2.23. The van der Waals surface area contributed by atoms with Gasteiger partial charge in [0, 0.05) is 12.6 Å². The second-order valence-corrected chi connectivity index (χ2v) is 7.40. The van der Waals surface area contributed by atoms with Gasteiger partial charge >= 0.3 is 0 Å². The van der Waals surface area contributed by atoms with E-state index in [2.05, 4.69) is 5.32 Å². The van der Waals surface area contributed by atoms with Crippen LogP contribution in [-0.4, -0.2) is 26.6 Å². The molecule has 1 unspecified atom stereocenters. The Morgan fingerprint density at radius 1 is 1.12 bits per heavy atom. The molecular weight excluding hydrogens is 350 g/mol. The molecule has 0 aliphatic heterocycles. The van der Waals surface area contributed by atoms with Crippen LogP contribution in [0.2, 0.25) is 0 Å². The SMILES string of the molecule is CC(C(=O)NCc1ccccc1)N(c1ccc(F)c(F)c1)S(C)(=O)=O. The largest absolute Gasteiger partial charge is 0.350 e. The molecule has 0 radical (unpaired) electrons. The van der Waals surface area contributed by atoms with Gasteiger partial charge in [0.15, 0.2) is 11.6 Å². The van der Waals surface area contributed by atoms with Crippen molar-refractivity contribution in [2.24, 2.45) is 0 Å². The Bertz CT molecular complexity index is 857. The first-order valence-corrected chi connectivity index (χ1v) is 9.31. The zero-order chi connectivity index (χ0) is 18.6. The normalized spacial score (nSPS) is 12.5. The molecule has 0 heterocycles. The van der Waals surface area contributed by atoms with E-state index in [1.807, 2.05) is 30.3 Å². The lowest BCUT2D eigenvalue weighted by Crippen LogP contribution is -2.47. The summed E-state index contributed by atoms with van der Waals surface area (Å²) < 4.78 is 51.5. The van der Waals surface area contributed by atoms with Gasteiger partial charge in [-0.2, -0.15) is 0 Å². The third-order valence-corrected chi connectivity index (χ3v) is 4.80. The minimum Gasteiger partial charge on any atom is -0.350 e. The van der Waals surface area contributed by atoms with E-state index in [1.165, 1.54) is 6.92 Å². The molecular formula is C17H18F2N2O3S. The van der Waals surface area contributed by atoms with Crippen molar-refractivity contribution < 1.29 is 22.0 Å². The summed E-state index contributed by atoms with van der Waals surface area (Å²) in [6, 6.07) is 10.6. The summed E-state index contributed by atoms with van der Waals surface area (Å²) in [4.78, 5) is 12.3. The maximum Gasteiger partial charge on any atom is 0.243 e. The molecule has 0 bridgehead atoms. The predicted octanol–water partition coefficient (Wildman–Crippen LogP) is 2.44. The van der Waals surface area contributed by atoms with Gasteiger partial charge in [-0.25, -0.2) is 17.2 Å². The Kier molecular flexibility index (Phi) is 5.73. The predicted molar refractivity (Wildman–Crippen MR) is 91.4 cm³/mol. The van der Waals surface area contributed by atoms with E-state index in [4.69, 9.17) is 0 Å². The van der Waals surface area contributed by atoms with Crippen molar-refractivity contribution in [3.05, 3.63) is 65.7 Å². The van der Waals surface area contributed by atoms with E-state index < -0.39 is 33.6 Å². The number of rotatable bonds is 6. The molecule has 8 heteroatoms. The van der Waals surface area contributed by atoms with Crippen molar-refractivity contribution in [2.75, 3.05) is 10.6 Å². The Labute approximate surface area is 145 Å². The fourth-order valence-corrected chi connectivity index (χ4v) is 3.53. The fourth-order valence-electron chi connectivity index (χ4n) is 2.36. The highest BCUT2D eigenvalue weighted by atomic mass is 32.2. The molecule has 0 fully saturated rings. The Hall–Kier alpha value is -2.48. The van der Waals surface area contributed by atoms with Crippen molar-refractivity contribution in [3.63, 3.8) is 0 Å². The number of carbonyl (C=O) groups excluding carboxylic acids is 1. The number of hydrogen-bond acceptors (Lipinski definition) is 3. The van der Waals surface area contributed by atoms with E-state index in [0.717, 1.165) is 34.3 Å². The summed E-state index contributed by atoms with van der Waals surface area (Å²) in [5, 5.41) is 2.63. The summed E-state index contributed by atoms with van der Waals surface area (Å²) >= 11 is 0. The van der Waals surface area contributed by atoms with E-state index in [-0.39, 0.29) is 12.2 Å². The Balaban J connectivity index is 2.22. The van der Waals surface area contributed by atoms with Crippen molar-refractivity contribution in [1.82, 2.24) is 5.32 Å². The second-order valence-electron chi connectivity index (χ2n) is 5.54. The number of hydrogen-bond donors (Lipinski definition) is 1. The third kappa shape index (κ3) is 4.76. The molecule has 1 N–H and O–H groups in total. The van der Waals surface area contributed by atoms with Gasteiger partial charge in [-0.05, 0) is 24.6 Å². The van der Waals surface area contributed by atoms with Gasteiger partial charge in [-0.1, -0.05) is 30.3 Å². The van der Waals surface area contributed by atoms with Crippen LogP contribution in [0.25, 0.3) is 0 Å². The molecule has 1 atom stereocenters. The molecule has 0 aliphatic rings. The van der Waals surface area contributed by atoms with Crippen molar-refractivity contribution in [3.8, 4) is 0 Å². The van der Waals surface area contributed by atoms with Gasteiger partial charge < -0.3 is 5.32 Å². The van der Waals surface area contributed by atoms with Gasteiger partial charge in [0.1, 0.15) is 6.04 Å².